The van der Waals surface area contributed by atoms with Crippen molar-refractivity contribution in [2.75, 3.05) is 13.1 Å². The summed E-state index contributed by atoms with van der Waals surface area (Å²) in [6, 6.07) is 5.68. The Morgan fingerprint density at radius 2 is 2.30 bits per heavy atom. The number of carbonyl (C=O) groups is 1. The van der Waals surface area contributed by atoms with Crippen molar-refractivity contribution in [3.8, 4) is 5.75 Å². The molecule has 0 saturated carbocycles. The van der Waals surface area contributed by atoms with Crippen molar-refractivity contribution in [3.05, 3.63) is 41.4 Å². The van der Waals surface area contributed by atoms with Gasteiger partial charge in [-0.2, -0.15) is 5.10 Å². The first kappa shape index (κ1) is 14.5. The van der Waals surface area contributed by atoms with Crippen LogP contribution in [0.3, 0.4) is 0 Å². The summed E-state index contributed by atoms with van der Waals surface area (Å²) in [6.07, 6.45) is 5.34. The van der Waals surface area contributed by atoms with Crippen LogP contribution < -0.4 is 4.74 Å². The molecule has 1 saturated heterocycles. The van der Waals surface area contributed by atoms with Gasteiger partial charge in [0.1, 0.15) is 18.4 Å². The quantitative estimate of drug-likeness (QED) is 0.845. The molecule has 0 N–H and O–H groups in total. The Kier molecular flexibility index (Phi) is 3.69. The number of aromatic nitrogens is 3. The van der Waals surface area contributed by atoms with E-state index in [2.05, 4.69) is 10.1 Å². The van der Waals surface area contributed by atoms with Crippen LogP contribution in [-0.4, -0.2) is 44.8 Å². The van der Waals surface area contributed by atoms with Gasteiger partial charge in [-0.05, 0) is 36.6 Å². The van der Waals surface area contributed by atoms with Crippen LogP contribution in [0, 0.1) is 0 Å². The van der Waals surface area contributed by atoms with Gasteiger partial charge in [0.05, 0.1) is 6.04 Å². The predicted molar refractivity (Wildman–Crippen MR) is 84.4 cm³/mol. The van der Waals surface area contributed by atoms with E-state index in [1.54, 1.807) is 12.4 Å². The highest BCUT2D eigenvalue weighted by Crippen LogP contribution is 2.32. The lowest BCUT2D eigenvalue weighted by atomic mass is 10.0. The minimum absolute atomic E-state index is 0.0436. The largest absolute Gasteiger partial charge is 0.480 e. The number of amides is 1. The standard InChI is InChI=1S/C16H17ClN4O2/c17-12-3-4-14-11(6-12)7-15(23-14)16(22)20-5-1-2-13(8-20)21-10-18-9-19-21/h3-4,6,9-10,13,15H,1-2,5,7-8H2. The van der Waals surface area contributed by atoms with Crippen LogP contribution in [0.5, 0.6) is 5.75 Å². The van der Waals surface area contributed by atoms with E-state index in [0.29, 0.717) is 18.0 Å². The van der Waals surface area contributed by atoms with Crippen molar-refractivity contribution in [1.82, 2.24) is 19.7 Å². The molecular formula is C16H17ClN4O2. The Balaban J connectivity index is 1.45. The van der Waals surface area contributed by atoms with Crippen molar-refractivity contribution in [2.45, 2.75) is 31.4 Å². The summed E-state index contributed by atoms with van der Waals surface area (Å²) < 4.78 is 7.66. The zero-order valence-corrected chi connectivity index (χ0v) is 13.3. The summed E-state index contributed by atoms with van der Waals surface area (Å²) in [5.74, 6) is 0.805. The number of likely N-dealkylation sites (tertiary alicyclic amines) is 1. The van der Waals surface area contributed by atoms with Crippen molar-refractivity contribution in [3.63, 3.8) is 0 Å². The molecule has 1 aromatic carbocycles. The van der Waals surface area contributed by atoms with E-state index in [9.17, 15) is 4.79 Å². The van der Waals surface area contributed by atoms with Crippen LogP contribution >= 0.6 is 11.6 Å². The molecule has 0 aliphatic carbocycles. The lowest BCUT2D eigenvalue weighted by molar-refractivity contribution is -0.139. The fourth-order valence-corrected chi connectivity index (χ4v) is 3.53. The highest BCUT2D eigenvalue weighted by molar-refractivity contribution is 6.30. The van der Waals surface area contributed by atoms with E-state index in [0.717, 1.165) is 30.7 Å². The highest BCUT2D eigenvalue weighted by atomic mass is 35.5. The average molecular weight is 333 g/mol. The smallest absolute Gasteiger partial charge is 0.264 e. The van der Waals surface area contributed by atoms with Gasteiger partial charge in [0.25, 0.3) is 5.91 Å². The Morgan fingerprint density at radius 3 is 3.13 bits per heavy atom. The maximum absolute atomic E-state index is 12.8. The third-order valence-corrected chi connectivity index (χ3v) is 4.73. The van der Waals surface area contributed by atoms with Gasteiger partial charge in [-0.3, -0.25) is 4.79 Å². The topological polar surface area (TPSA) is 60.2 Å². The first-order valence-electron chi connectivity index (χ1n) is 7.78. The lowest BCUT2D eigenvalue weighted by Crippen LogP contribution is -2.46. The predicted octanol–water partition coefficient (Wildman–Crippen LogP) is 2.10. The Bertz CT molecular complexity index is 719. The van der Waals surface area contributed by atoms with E-state index in [-0.39, 0.29) is 11.9 Å². The van der Waals surface area contributed by atoms with E-state index < -0.39 is 6.10 Å². The molecular weight excluding hydrogens is 316 g/mol. The molecule has 4 rings (SSSR count). The summed E-state index contributed by atoms with van der Waals surface area (Å²) >= 11 is 6.01. The van der Waals surface area contributed by atoms with Gasteiger partial charge in [-0.15, -0.1) is 0 Å². The molecule has 2 unspecified atom stereocenters. The molecule has 120 valence electrons. The van der Waals surface area contributed by atoms with Crippen LogP contribution in [0.25, 0.3) is 0 Å². The molecule has 1 amide bonds. The molecule has 3 heterocycles. The summed E-state index contributed by atoms with van der Waals surface area (Å²) in [5, 5.41) is 4.87. The second-order valence-electron chi connectivity index (χ2n) is 6.02. The van der Waals surface area contributed by atoms with Crippen molar-refractivity contribution in [2.24, 2.45) is 0 Å². The van der Waals surface area contributed by atoms with Crippen molar-refractivity contribution < 1.29 is 9.53 Å². The van der Waals surface area contributed by atoms with Crippen molar-refractivity contribution in [1.29, 1.82) is 0 Å². The fourth-order valence-electron chi connectivity index (χ4n) is 3.34. The number of rotatable bonds is 2. The molecule has 1 fully saturated rings. The number of hydrogen-bond donors (Lipinski definition) is 0. The molecule has 23 heavy (non-hydrogen) atoms. The molecule has 2 aliphatic rings. The monoisotopic (exact) mass is 332 g/mol. The normalized spacial score (nSPS) is 23.4. The van der Waals surface area contributed by atoms with Crippen molar-refractivity contribution >= 4 is 17.5 Å². The van der Waals surface area contributed by atoms with Gasteiger partial charge in [0.15, 0.2) is 6.10 Å². The van der Waals surface area contributed by atoms with Gasteiger partial charge >= 0.3 is 0 Å². The number of piperidine rings is 1. The molecule has 7 heteroatoms. The number of hydrogen-bond acceptors (Lipinski definition) is 4. The third-order valence-electron chi connectivity index (χ3n) is 4.49. The zero-order valence-electron chi connectivity index (χ0n) is 12.6. The third kappa shape index (κ3) is 2.79. The van der Waals surface area contributed by atoms with E-state index >= 15 is 0 Å². The maximum Gasteiger partial charge on any atom is 0.264 e. The van der Waals surface area contributed by atoms with Crippen LogP contribution in [-0.2, 0) is 11.2 Å². The minimum atomic E-state index is -0.446. The van der Waals surface area contributed by atoms with E-state index in [1.807, 2.05) is 21.7 Å². The highest BCUT2D eigenvalue weighted by Gasteiger charge is 2.35. The van der Waals surface area contributed by atoms with Crippen LogP contribution in [0.2, 0.25) is 5.02 Å². The van der Waals surface area contributed by atoms with Crippen LogP contribution in [0.4, 0.5) is 0 Å². The Morgan fingerprint density at radius 1 is 1.39 bits per heavy atom. The molecule has 2 atom stereocenters. The lowest BCUT2D eigenvalue weighted by Gasteiger charge is -2.33. The van der Waals surface area contributed by atoms with Crippen LogP contribution in [0.15, 0.2) is 30.9 Å². The Hall–Kier alpha value is -2.08. The molecule has 1 aromatic heterocycles. The van der Waals surface area contributed by atoms with Gasteiger partial charge in [-0.1, -0.05) is 11.6 Å². The van der Waals surface area contributed by atoms with Gasteiger partial charge < -0.3 is 9.64 Å². The van der Waals surface area contributed by atoms with Gasteiger partial charge in [0, 0.05) is 24.5 Å². The Labute approximate surface area is 139 Å². The molecule has 6 nitrogen and oxygen atoms in total. The van der Waals surface area contributed by atoms with Gasteiger partial charge in [0.2, 0.25) is 0 Å². The second kappa shape index (κ2) is 5.85. The molecule has 2 aliphatic heterocycles. The summed E-state index contributed by atoms with van der Waals surface area (Å²) in [4.78, 5) is 18.7. The SMILES string of the molecule is O=C(C1Cc2cc(Cl)ccc2O1)N1CCCC(n2cncn2)C1. The number of nitrogens with zero attached hydrogens (tertiary/aromatic N) is 4. The molecule has 0 bridgehead atoms. The summed E-state index contributed by atoms with van der Waals surface area (Å²) in [5.41, 5.74) is 1.00. The number of halogens is 1. The fraction of sp³-hybridized carbons (Fsp3) is 0.438. The molecule has 2 aromatic rings. The average Bonchev–Trinajstić information content (AvgIpc) is 3.23. The van der Waals surface area contributed by atoms with Crippen LogP contribution in [0.1, 0.15) is 24.4 Å². The summed E-state index contributed by atoms with van der Waals surface area (Å²) in [7, 11) is 0. The number of benzene rings is 1. The zero-order chi connectivity index (χ0) is 15.8. The number of carbonyl (C=O) groups excluding carboxylic acids is 1. The number of ether oxygens (including phenoxy) is 1. The van der Waals surface area contributed by atoms with E-state index in [1.165, 1.54) is 6.33 Å². The molecule has 0 radical (unpaired) electrons. The first-order valence-corrected chi connectivity index (χ1v) is 8.16. The molecule has 0 spiro atoms. The van der Waals surface area contributed by atoms with Gasteiger partial charge in [-0.25, -0.2) is 9.67 Å². The maximum atomic E-state index is 12.8. The minimum Gasteiger partial charge on any atom is -0.480 e. The number of fused-ring (bicyclic) bond motifs is 1. The second-order valence-corrected chi connectivity index (χ2v) is 6.45. The van der Waals surface area contributed by atoms with E-state index in [4.69, 9.17) is 16.3 Å². The summed E-state index contributed by atoms with van der Waals surface area (Å²) in [6.45, 7) is 1.42. The first-order chi connectivity index (χ1) is 11.2.